The third-order valence-electron chi connectivity index (χ3n) is 2.40. The number of pyridine rings is 1. The van der Waals surface area contributed by atoms with Crippen LogP contribution in [-0.4, -0.2) is 17.0 Å². The third-order valence-corrected chi connectivity index (χ3v) is 5.49. The maximum atomic E-state index is 4.46. The normalized spacial score (nSPS) is 14.9. The highest BCUT2D eigenvalue weighted by Crippen LogP contribution is 2.44. The number of thioether (sulfide) groups is 2. The van der Waals surface area contributed by atoms with Gasteiger partial charge in [-0.15, -0.1) is 23.5 Å². The number of unbranched alkanes of at least 4 members (excludes halogenated alkanes) is 1. The van der Waals surface area contributed by atoms with Crippen LogP contribution >= 0.6 is 23.5 Å². The Morgan fingerprint density at radius 3 is 2.73 bits per heavy atom. The minimum atomic E-state index is 0.108. The smallest absolute Gasteiger partial charge is 0.0999 e. The van der Waals surface area contributed by atoms with Gasteiger partial charge in [-0.2, -0.15) is 0 Å². The highest BCUT2D eigenvalue weighted by Gasteiger charge is 2.26. The van der Waals surface area contributed by atoms with Crippen molar-refractivity contribution >= 4 is 23.5 Å². The van der Waals surface area contributed by atoms with Crippen LogP contribution in [-0.2, 0) is 4.08 Å². The van der Waals surface area contributed by atoms with Gasteiger partial charge in [0.15, 0.2) is 0 Å². The molecule has 3 heteroatoms. The highest BCUT2D eigenvalue weighted by atomic mass is 32.2. The zero-order valence-corrected chi connectivity index (χ0v) is 11.3. The average molecular weight is 241 g/mol. The van der Waals surface area contributed by atoms with Crippen LogP contribution < -0.4 is 0 Å². The van der Waals surface area contributed by atoms with Gasteiger partial charge in [-0.05, 0) is 37.5 Å². The van der Waals surface area contributed by atoms with E-state index < -0.39 is 0 Å². The van der Waals surface area contributed by atoms with Crippen molar-refractivity contribution in [3.05, 3.63) is 30.1 Å². The van der Waals surface area contributed by atoms with Crippen LogP contribution in [0.2, 0.25) is 0 Å². The van der Waals surface area contributed by atoms with Gasteiger partial charge < -0.3 is 0 Å². The number of hydrogen-bond acceptors (Lipinski definition) is 3. The van der Waals surface area contributed by atoms with Gasteiger partial charge in [0.2, 0.25) is 0 Å². The molecule has 0 aliphatic carbocycles. The molecule has 0 saturated carbocycles. The predicted octanol–water partition coefficient (Wildman–Crippen LogP) is 4.15. The van der Waals surface area contributed by atoms with Gasteiger partial charge in [-0.1, -0.05) is 19.4 Å². The first-order valence-corrected chi connectivity index (χ1v) is 7.54. The molecule has 1 heterocycles. The Balaban J connectivity index is 2.67. The molecule has 84 valence electrons. The van der Waals surface area contributed by atoms with E-state index in [1.54, 1.807) is 0 Å². The molecule has 0 spiro atoms. The molecule has 0 saturated heterocycles. The van der Waals surface area contributed by atoms with Crippen LogP contribution in [0, 0.1) is 0 Å². The number of hydrogen-bond donors (Lipinski definition) is 0. The molecule has 15 heavy (non-hydrogen) atoms. The van der Waals surface area contributed by atoms with Crippen molar-refractivity contribution in [2.45, 2.75) is 30.8 Å². The highest BCUT2D eigenvalue weighted by molar-refractivity contribution is 8.17. The molecule has 0 radical (unpaired) electrons. The summed E-state index contributed by atoms with van der Waals surface area (Å²) >= 11 is 3.88. The minimum Gasteiger partial charge on any atom is -0.259 e. The topological polar surface area (TPSA) is 12.9 Å². The van der Waals surface area contributed by atoms with Crippen LogP contribution in [0.1, 0.15) is 32.4 Å². The quantitative estimate of drug-likeness (QED) is 0.548. The molecule has 1 aromatic rings. The Morgan fingerprint density at radius 1 is 1.40 bits per heavy atom. The second-order valence-corrected chi connectivity index (χ2v) is 6.56. The van der Waals surface area contributed by atoms with E-state index in [9.17, 15) is 0 Å². The standard InChI is InChI=1S/C12H19NS2/c1-4-5-10-15-12(2,14-3)11-8-6-7-9-13-11/h6-9H,4-5,10H2,1-3H3. The molecule has 1 rings (SSSR count). The van der Waals surface area contributed by atoms with Crippen LogP contribution in [0.15, 0.2) is 24.4 Å². The van der Waals surface area contributed by atoms with Crippen molar-refractivity contribution in [2.75, 3.05) is 12.0 Å². The molecule has 0 amide bonds. The maximum absolute atomic E-state index is 4.46. The lowest BCUT2D eigenvalue weighted by Gasteiger charge is -2.26. The largest absolute Gasteiger partial charge is 0.259 e. The Kier molecular flexibility index (Phi) is 5.54. The van der Waals surface area contributed by atoms with Crippen molar-refractivity contribution in [1.82, 2.24) is 4.98 Å². The van der Waals surface area contributed by atoms with E-state index in [0.717, 1.165) is 0 Å². The van der Waals surface area contributed by atoms with Crippen LogP contribution in [0.3, 0.4) is 0 Å². The summed E-state index contributed by atoms with van der Waals surface area (Å²) in [6.45, 7) is 4.50. The van der Waals surface area contributed by atoms with E-state index in [2.05, 4.69) is 37.2 Å². The molecular weight excluding hydrogens is 222 g/mol. The Hall–Kier alpha value is -0.150. The SMILES string of the molecule is CCCCSC(C)(SC)c1ccccn1. The third kappa shape index (κ3) is 3.72. The summed E-state index contributed by atoms with van der Waals surface area (Å²) in [7, 11) is 0. The lowest BCUT2D eigenvalue weighted by molar-refractivity contribution is 0.880. The molecule has 0 aliphatic rings. The molecule has 0 aromatic carbocycles. The van der Waals surface area contributed by atoms with E-state index in [-0.39, 0.29) is 4.08 Å². The second kappa shape index (κ2) is 6.44. The summed E-state index contributed by atoms with van der Waals surface area (Å²) in [4.78, 5) is 4.46. The van der Waals surface area contributed by atoms with Gasteiger partial charge in [0.05, 0.1) is 9.77 Å². The van der Waals surface area contributed by atoms with Crippen molar-refractivity contribution in [3.8, 4) is 0 Å². The minimum absolute atomic E-state index is 0.108. The van der Waals surface area contributed by atoms with Crippen LogP contribution in [0.25, 0.3) is 0 Å². The van der Waals surface area contributed by atoms with Gasteiger partial charge in [0, 0.05) is 6.20 Å². The monoisotopic (exact) mass is 241 g/mol. The summed E-state index contributed by atoms with van der Waals surface area (Å²) in [6, 6.07) is 6.16. The van der Waals surface area contributed by atoms with E-state index in [0.29, 0.717) is 0 Å². The molecule has 1 unspecified atom stereocenters. The lowest BCUT2D eigenvalue weighted by atomic mass is 10.3. The number of rotatable bonds is 6. The van der Waals surface area contributed by atoms with Gasteiger partial charge >= 0.3 is 0 Å². The first-order chi connectivity index (χ1) is 7.23. The second-order valence-electron chi connectivity index (χ2n) is 3.57. The van der Waals surface area contributed by atoms with Gasteiger partial charge in [-0.3, -0.25) is 4.98 Å². The summed E-state index contributed by atoms with van der Waals surface area (Å²) < 4.78 is 0.108. The zero-order chi connectivity index (χ0) is 11.1. The molecule has 1 atom stereocenters. The first-order valence-electron chi connectivity index (χ1n) is 5.33. The maximum Gasteiger partial charge on any atom is 0.0999 e. The van der Waals surface area contributed by atoms with Crippen LogP contribution in [0.4, 0.5) is 0 Å². The average Bonchev–Trinajstić information content (AvgIpc) is 2.30. The fraction of sp³-hybridized carbons (Fsp3) is 0.583. The molecule has 0 bridgehead atoms. The van der Waals surface area contributed by atoms with Crippen molar-refractivity contribution in [3.63, 3.8) is 0 Å². The van der Waals surface area contributed by atoms with E-state index in [1.807, 2.05) is 35.8 Å². The molecule has 1 nitrogen and oxygen atoms in total. The Morgan fingerprint density at radius 2 is 2.20 bits per heavy atom. The molecule has 0 N–H and O–H groups in total. The number of aromatic nitrogens is 1. The van der Waals surface area contributed by atoms with Crippen molar-refractivity contribution in [2.24, 2.45) is 0 Å². The van der Waals surface area contributed by atoms with Gasteiger partial charge in [0.1, 0.15) is 0 Å². The van der Waals surface area contributed by atoms with E-state index >= 15 is 0 Å². The Bertz CT molecular complexity index is 276. The van der Waals surface area contributed by atoms with E-state index in [4.69, 9.17) is 0 Å². The first kappa shape index (κ1) is 12.9. The summed E-state index contributed by atoms with van der Waals surface area (Å²) in [5.41, 5.74) is 1.18. The summed E-state index contributed by atoms with van der Waals surface area (Å²) in [5.74, 6) is 1.21. The van der Waals surface area contributed by atoms with Crippen molar-refractivity contribution < 1.29 is 0 Å². The fourth-order valence-electron chi connectivity index (χ4n) is 1.28. The lowest BCUT2D eigenvalue weighted by Crippen LogP contribution is -2.14. The molecule has 0 aliphatic heterocycles. The predicted molar refractivity (Wildman–Crippen MR) is 72.5 cm³/mol. The molecular formula is C12H19NS2. The Labute approximate surface area is 101 Å². The number of nitrogens with zero attached hydrogens (tertiary/aromatic N) is 1. The molecule has 0 fully saturated rings. The van der Waals surface area contributed by atoms with Crippen LogP contribution in [0.5, 0.6) is 0 Å². The van der Waals surface area contributed by atoms with Crippen molar-refractivity contribution in [1.29, 1.82) is 0 Å². The van der Waals surface area contributed by atoms with E-state index in [1.165, 1.54) is 24.3 Å². The van der Waals surface area contributed by atoms with Gasteiger partial charge in [-0.25, -0.2) is 0 Å². The summed E-state index contributed by atoms with van der Waals surface area (Å²) in [6.07, 6.45) is 6.59. The summed E-state index contributed by atoms with van der Waals surface area (Å²) in [5, 5.41) is 0. The zero-order valence-electron chi connectivity index (χ0n) is 9.69. The fourth-order valence-corrected chi connectivity index (χ4v) is 3.42. The van der Waals surface area contributed by atoms with Gasteiger partial charge in [0.25, 0.3) is 0 Å². The molecule has 1 aromatic heterocycles.